The molecule has 43 heavy (non-hydrogen) atoms. The lowest BCUT2D eigenvalue weighted by Gasteiger charge is -2.41. The molecule has 0 amide bonds. The van der Waals surface area contributed by atoms with Gasteiger partial charge in [-0.25, -0.2) is 0 Å². The van der Waals surface area contributed by atoms with Crippen molar-refractivity contribution in [3.63, 3.8) is 0 Å². The summed E-state index contributed by atoms with van der Waals surface area (Å²) in [6.07, 6.45) is 6.67. The van der Waals surface area contributed by atoms with Crippen LogP contribution in [0.1, 0.15) is 67.2 Å². The molecule has 238 valence electrons. The molecule has 3 nitrogen and oxygen atoms in total. The maximum absolute atomic E-state index is 14.8. The van der Waals surface area contributed by atoms with Gasteiger partial charge < -0.3 is 13.4 Å². The minimum atomic E-state index is -2.88. The largest absolute Gasteiger partial charge is 0.414 e. The highest BCUT2D eigenvalue weighted by atomic mass is 31.2. The van der Waals surface area contributed by atoms with Crippen LogP contribution in [-0.2, 0) is 13.4 Å². The predicted molar refractivity (Wildman–Crippen MR) is 194 cm³/mol. The van der Waals surface area contributed by atoms with Crippen molar-refractivity contribution in [3.05, 3.63) is 84.5 Å². The molecular weight excluding hydrogens is 580 g/mol. The van der Waals surface area contributed by atoms with Gasteiger partial charge in [0.05, 0.1) is 12.2 Å². The first-order valence-corrected chi connectivity index (χ1v) is 24.4. The van der Waals surface area contributed by atoms with E-state index in [1.54, 1.807) is 0 Å². The molecule has 0 radical (unpaired) electrons. The van der Waals surface area contributed by atoms with E-state index < -0.39 is 23.8 Å². The number of benzene rings is 2. The Bertz CT molecular complexity index is 1230. The van der Waals surface area contributed by atoms with Crippen LogP contribution in [0.4, 0.5) is 0 Å². The Balaban J connectivity index is 1.93. The van der Waals surface area contributed by atoms with Crippen LogP contribution < -0.4 is 10.6 Å². The quantitative estimate of drug-likeness (QED) is 0.171. The third-order valence-corrected chi connectivity index (χ3v) is 16.3. The van der Waals surface area contributed by atoms with Crippen molar-refractivity contribution in [3.8, 4) is 0 Å². The summed E-state index contributed by atoms with van der Waals surface area (Å²) in [5.74, 6) is 0. The van der Waals surface area contributed by atoms with Crippen LogP contribution >= 0.6 is 7.14 Å². The summed E-state index contributed by atoms with van der Waals surface area (Å²) in [6, 6.07) is 22.2. The lowest BCUT2D eigenvalue weighted by atomic mass is 9.86. The third kappa shape index (κ3) is 11.4. The van der Waals surface area contributed by atoms with E-state index in [-0.39, 0.29) is 17.6 Å². The van der Waals surface area contributed by atoms with Crippen molar-refractivity contribution in [2.75, 3.05) is 6.16 Å². The summed E-state index contributed by atoms with van der Waals surface area (Å²) in [5, 5.41) is 1.79. The van der Waals surface area contributed by atoms with E-state index in [9.17, 15) is 4.57 Å². The normalized spacial score (nSPS) is 20.0. The third-order valence-electron chi connectivity index (χ3n) is 8.57. The lowest BCUT2D eigenvalue weighted by molar-refractivity contribution is 0.103. The SMILES string of the molecule is C=C1/C(=C\CP(=O)(c2ccccc2)c2ccccc2)CC(O[Si](C)(C)CCC(C)(C)C)CC1O[Si](C)(C)CCC(C)(C)C. The predicted octanol–water partition coefficient (Wildman–Crippen LogP) is 10.3. The summed E-state index contributed by atoms with van der Waals surface area (Å²) in [5.41, 5.74) is 2.80. The molecule has 2 aromatic rings. The molecule has 6 heteroatoms. The van der Waals surface area contributed by atoms with E-state index in [4.69, 9.17) is 8.85 Å². The van der Waals surface area contributed by atoms with E-state index >= 15 is 0 Å². The second-order valence-corrected chi connectivity index (χ2v) is 27.7. The van der Waals surface area contributed by atoms with Crippen LogP contribution in [0.3, 0.4) is 0 Å². The van der Waals surface area contributed by atoms with Crippen LogP contribution in [0.5, 0.6) is 0 Å². The average molecular weight is 639 g/mol. The lowest BCUT2D eigenvalue weighted by Crippen LogP contribution is -2.44. The molecule has 1 aliphatic rings. The molecule has 0 aromatic heterocycles. The molecule has 2 aromatic carbocycles. The summed E-state index contributed by atoms with van der Waals surface area (Å²) < 4.78 is 28.9. The Hall–Kier alpha value is -1.50. The maximum Gasteiger partial charge on any atom is 0.187 e. The fraction of sp³-hybridized carbons (Fsp3) is 0.568. The highest BCUT2D eigenvalue weighted by Crippen LogP contribution is 2.45. The first kappa shape index (κ1) is 36.0. The standard InChI is InChI=1S/C37H59O3PSi2/c1-30-31(22-25-41(38,33-18-14-12-15-19-33)34-20-16-13-17-21-34)28-32(39-42(8,9)26-23-36(2,3)4)29-35(30)40-43(10,11)27-24-37(5,6)7/h12-22,32,35H,1,23-29H2,2-11H3/b31-22-. The number of hydrogen-bond donors (Lipinski definition) is 0. The van der Waals surface area contributed by atoms with E-state index in [1.165, 1.54) is 6.42 Å². The minimum Gasteiger partial charge on any atom is -0.414 e. The molecule has 2 unspecified atom stereocenters. The molecule has 0 aliphatic heterocycles. The average Bonchev–Trinajstić information content (AvgIpc) is 2.92. The smallest absolute Gasteiger partial charge is 0.187 e. The molecule has 1 fully saturated rings. The Morgan fingerprint density at radius 2 is 1.23 bits per heavy atom. The zero-order valence-electron chi connectivity index (χ0n) is 28.8. The van der Waals surface area contributed by atoms with Gasteiger partial charge in [0, 0.05) is 23.2 Å². The maximum atomic E-state index is 14.8. The van der Waals surface area contributed by atoms with Crippen molar-refractivity contribution in [1.29, 1.82) is 0 Å². The number of allylic oxidation sites excluding steroid dienone is 1. The molecular formula is C37H59O3PSi2. The zero-order valence-corrected chi connectivity index (χ0v) is 31.7. The van der Waals surface area contributed by atoms with E-state index in [0.29, 0.717) is 11.6 Å². The monoisotopic (exact) mass is 638 g/mol. The van der Waals surface area contributed by atoms with Gasteiger partial charge in [-0.1, -0.05) is 115 Å². The van der Waals surface area contributed by atoms with Gasteiger partial charge in [-0.2, -0.15) is 0 Å². The zero-order chi connectivity index (χ0) is 32.1. The van der Waals surface area contributed by atoms with Crippen molar-refractivity contribution >= 4 is 34.4 Å². The van der Waals surface area contributed by atoms with E-state index in [0.717, 1.165) is 53.1 Å². The molecule has 0 bridgehead atoms. The molecule has 0 spiro atoms. The van der Waals surface area contributed by atoms with Gasteiger partial charge in [0.25, 0.3) is 0 Å². The first-order chi connectivity index (χ1) is 19.8. The molecule has 0 heterocycles. The fourth-order valence-electron chi connectivity index (χ4n) is 5.71. The number of rotatable bonds is 12. The van der Waals surface area contributed by atoms with Gasteiger partial charge in [0.15, 0.2) is 16.6 Å². The first-order valence-electron chi connectivity index (χ1n) is 16.2. The Morgan fingerprint density at radius 1 is 0.791 bits per heavy atom. The highest BCUT2D eigenvalue weighted by molar-refractivity contribution is 7.78. The second kappa shape index (κ2) is 14.3. The second-order valence-electron chi connectivity index (χ2n) is 16.3. The highest BCUT2D eigenvalue weighted by Gasteiger charge is 2.38. The summed E-state index contributed by atoms with van der Waals surface area (Å²) in [6.45, 7) is 27.9. The molecule has 1 saturated carbocycles. The van der Waals surface area contributed by atoms with Gasteiger partial charge in [-0.15, -0.1) is 0 Å². The van der Waals surface area contributed by atoms with Crippen LogP contribution in [0, 0.1) is 10.8 Å². The van der Waals surface area contributed by atoms with Crippen molar-refractivity contribution in [1.82, 2.24) is 0 Å². The van der Waals surface area contributed by atoms with Gasteiger partial charge >= 0.3 is 0 Å². The summed E-state index contributed by atoms with van der Waals surface area (Å²) in [7, 11) is -6.73. The molecule has 2 atom stereocenters. The van der Waals surface area contributed by atoms with Crippen LogP contribution in [0.25, 0.3) is 0 Å². The van der Waals surface area contributed by atoms with Crippen molar-refractivity contribution < 1.29 is 13.4 Å². The molecule has 0 saturated heterocycles. The minimum absolute atomic E-state index is 0.0631. The van der Waals surface area contributed by atoms with Crippen molar-refractivity contribution in [2.24, 2.45) is 10.8 Å². The summed E-state index contributed by atoms with van der Waals surface area (Å²) in [4.78, 5) is 0. The van der Waals surface area contributed by atoms with Gasteiger partial charge in [-0.3, -0.25) is 0 Å². The van der Waals surface area contributed by atoms with Crippen LogP contribution in [0.15, 0.2) is 84.5 Å². The molecule has 1 aliphatic carbocycles. The molecule has 0 N–H and O–H groups in total. The van der Waals surface area contributed by atoms with Crippen LogP contribution in [-0.4, -0.2) is 35.0 Å². The Labute approximate surface area is 266 Å². The number of hydrogen-bond acceptors (Lipinski definition) is 3. The van der Waals surface area contributed by atoms with Gasteiger partial charge in [0.2, 0.25) is 0 Å². The van der Waals surface area contributed by atoms with E-state index in [2.05, 4.69) is 80.4 Å². The van der Waals surface area contributed by atoms with Gasteiger partial charge in [-0.05, 0) is 79.5 Å². The Morgan fingerprint density at radius 3 is 1.67 bits per heavy atom. The topological polar surface area (TPSA) is 35.5 Å². The Kier molecular flexibility index (Phi) is 12.0. The van der Waals surface area contributed by atoms with Gasteiger partial charge in [0.1, 0.15) is 7.14 Å². The summed E-state index contributed by atoms with van der Waals surface area (Å²) >= 11 is 0. The van der Waals surface area contributed by atoms with E-state index in [1.807, 2.05) is 60.7 Å². The molecule has 3 rings (SSSR count). The van der Waals surface area contributed by atoms with Crippen molar-refractivity contribution in [2.45, 2.75) is 118 Å². The van der Waals surface area contributed by atoms with Crippen LogP contribution in [0.2, 0.25) is 38.3 Å². The fourth-order valence-corrected chi connectivity index (χ4v) is 13.2.